The van der Waals surface area contributed by atoms with Crippen LogP contribution in [0.5, 0.6) is 0 Å². The van der Waals surface area contributed by atoms with Crippen molar-refractivity contribution in [2.75, 3.05) is 18.8 Å². The van der Waals surface area contributed by atoms with Crippen molar-refractivity contribution in [1.82, 2.24) is 10.2 Å². The second kappa shape index (κ2) is 8.61. The normalized spacial score (nSPS) is 28.9. The van der Waals surface area contributed by atoms with Crippen LogP contribution < -0.4 is 5.32 Å². The van der Waals surface area contributed by atoms with Crippen LogP contribution in [0.15, 0.2) is 0 Å². The molecule has 0 bridgehead atoms. The molecule has 1 saturated heterocycles. The number of carbonyl (C=O) groups is 1. The average Bonchev–Trinajstić information content (AvgIpc) is 2.91. The largest absolute Gasteiger partial charge is 0.444 e. The van der Waals surface area contributed by atoms with Crippen molar-refractivity contribution < 1.29 is 9.53 Å². The summed E-state index contributed by atoms with van der Waals surface area (Å²) < 4.78 is 5.59. The summed E-state index contributed by atoms with van der Waals surface area (Å²) in [4.78, 5) is 14.4. The number of ether oxygens (including phenoxy) is 1. The van der Waals surface area contributed by atoms with Gasteiger partial charge in [-0.1, -0.05) is 13.3 Å². The van der Waals surface area contributed by atoms with Gasteiger partial charge in [-0.05, 0) is 58.6 Å². The molecule has 0 aromatic rings. The van der Waals surface area contributed by atoms with Gasteiger partial charge in [-0.2, -0.15) is 11.8 Å². The molecule has 0 spiro atoms. The van der Waals surface area contributed by atoms with Gasteiger partial charge in [0.25, 0.3) is 0 Å². The number of nitrogens with zero attached hydrogens (tertiary/aromatic N) is 1. The van der Waals surface area contributed by atoms with Crippen LogP contribution in [-0.2, 0) is 4.74 Å². The van der Waals surface area contributed by atoms with Crippen LogP contribution in [0.25, 0.3) is 0 Å². The highest BCUT2D eigenvalue weighted by Crippen LogP contribution is 2.30. The van der Waals surface area contributed by atoms with Crippen LogP contribution in [0.4, 0.5) is 4.79 Å². The van der Waals surface area contributed by atoms with Crippen LogP contribution in [0, 0.1) is 0 Å². The van der Waals surface area contributed by atoms with Gasteiger partial charge in [0.2, 0.25) is 0 Å². The van der Waals surface area contributed by atoms with E-state index < -0.39 is 5.60 Å². The number of hydrogen-bond donors (Lipinski definition) is 1. The second-order valence-corrected chi connectivity index (χ2v) is 9.28. The third kappa shape index (κ3) is 5.86. The SMILES string of the molecule is CCSC1CCCC1NCC1CCCCN1C(=O)OC(C)(C)C. The summed E-state index contributed by atoms with van der Waals surface area (Å²) in [5, 5.41) is 4.51. The summed E-state index contributed by atoms with van der Waals surface area (Å²) in [5.74, 6) is 1.19. The Balaban J connectivity index is 1.87. The molecule has 1 saturated carbocycles. The average molecular weight is 343 g/mol. The summed E-state index contributed by atoms with van der Waals surface area (Å²) in [7, 11) is 0. The number of carbonyl (C=O) groups excluding carboxylic acids is 1. The molecule has 2 fully saturated rings. The molecule has 1 N–H and O–H groups in total. The smallest absolute Gasteiger partial charge is 0.410 e. The number of rotatable bonds is 5. The minimum atomic E-state index is -0.416. The molecule has 0 aromatic carbocycles. The number of piperidine rings is 1. The lowest BCUT2D eigenvalue weighted by atomic mass is 10.0. The molecular weight excluding hydrogens is 308 g/mol. The third-order valence-corrected chi connectivity index (χ3v) is 6.03. The van der Waals surface area contributed by atoms with E-state index in [-0.39, 0.29) is 12.1 Å². The van der Waals surface area contributed by atoms with Gasteiger partial charge >= 0.3 is 6.09 Å². The number of thioether (sulfide) groups is 1. The zero-order valence-electron chi connectivity index (χ0n) is 15.3. The van der Waals surface area contributed by atoms with Gasteiger partial charge in [-0.3, -0.25) is 0 Å². The molecule has 5 heteroatoms. The first-order valence-corrected chi connectivity index (χ1v) is 10.3. The quantitative estimate of drug-likeness (QED) is 0.819. The van der Waals surface area contributed by atoms with E-state index in [1.165, 1.54) is 31.4 Å². The van der Waals surface area contributed by atoms with Gasteiger partial charge in [0, 0.05) is 30.4 Å². The number of likely N-dealkylation sites (tertiary alicyclic amines) is 1. The lowest BCUT2D eigenvalue weighted by Crippen LogP contribution is -2.52. The predicted molar refractivity (Wildman–Crippen MR) is 98.1 cm³/mol. The first-order chi connectivity index (χ1) is 10.9. The molecule has 0 aromatic heterocycles. The third-order valence-electron chi connectivity index (χ3n) is 4.70. The maximum absolute atomic E-state index is 12.5. The lowest BCUT2D eigenvalue weighted by molar-refractivity contribution is 0.00969. The van der Waals surface area contributed by atoms with Gasteiger partial charge < -0.3 is 15.0 Å². The van der Waals surface area contributed by atoms with Crippen molar-refractivity contribution in [2.45, 2.75) is 89.2 Å². The summed E-state index contributed by atoms with van der Waals surface area (Å²) in [5.41, 5.74) is -0.416. The van der Waals surface area contributed by atoms with Gasteiger partial charge in [0.05, 0.1) is 0 Å². The van der Waals surface area contributed by atoms with E-state index >= 15 is 0 Å². The standard InChI is InChI=1S/C18H34N2O2S/c1-5-23-16-11-8-10-15(16)19-13-14-9-6-7-12-20(14)17(21)22-18(2,3)4/h14-16,19H,5-13H2,1-4H3. The summed E-state index contributed by atoms with van der Waals surface area (Å²) in [6.45, 7) is 9.79. The Kier molecular flexibility index (Phi) is 7.08. The molecular formula is C18H34N2O2S. The molecule has 4 nitrogen and oxygen atoms in total. The molecule has 1 heterocycles. The van der Waals surface area contributed by atoms with E-state index in [1.54, 1.807) is 0 Å². The van der Waals surface area contributed by atoms with Crippen LogP contribution in [0.1, 0.15) is 66.2 Å². The molecule has 0 radical (unpaired) electrons. The lowest BCUT2D eigenvalue weighted by Gasteiger charge is -2.37. The number of hydrogen-bond acceptors (Lipinski definition) is 4. The molecule has 1 amide bonds. The minimum Gasteiger partial charge on any atom is -0.444 e. The fourth-order valence-corrected chi connectivity index (χ4v) is 4.86. The van der Waals surface area contributed by atoms with E-state index in [9.17, 15) is 4.79 Å². The second-order valence-electron chi connectivity index (χ2n) is 7.76. The summed E-state index contributed by atoms with van der Waals surface area (Å²) in [6.07, 6.45) is 7.18. The Morgan fingerprint density at radius 1 is 1.22 bits per heavy atom. The summed E-state index contributed by atoms with van der Waals surface area (Å²) in [6, 6.07) is 0.897. The molecule has 2 rings (SSSR count). The van der Waals surface area contributed by atoms with Crippen molar-refractivity contribution >= 4 is 17.9 Å². The molecule has 1 aliphatic heterocycles. The van der Waals surface area contributed by atoms with Crippen LogP contribution in [0.3, 0.4) is 0 Å². The number of amides is 1. The van der Waals surface area contributed by atoms with Crippen LogP contribution in [0.2, 0.25) is 0 Å². The van der Waals surface area contributed by atoms with Crippen molar-refractivity contribution in [2.24, 2.45) is 0 Å². The zero-order valence-corrected chi connectivity index (χ0v) is 16.1. The first-order valence-electron chi connectivity index (χ1n) is 9.25. The van der Waals surface area contributed by atoms with Gasteiger partial charge in [0.1, 0.15) is 5.60 Å². The monoisotopic (exact) mass is 342 g/mol. The predicted octanol–water partition coefficient (Wildman–Crippen LogP) is 4.04. The summed E-state index contributed by atoms with van der Waals surface area (Å²) >= 11 is 2.08. The van der Waals surface area contributed by atoms with Gasteiger partial charge in [-0.15, -0.1) is 0 Å². The van der Waals surface area contributed by atoms with Crippen molar-refractivity contribution in [3.63, 3.8) is 0 Å². The molecule has 2 aliphatic rings. The zero-order chi connectivity index (χ0) is 16.9. The van der Waals surface area contributed by atoms with E-state index in [0.717, 1.165) is 31.2 Å². The maximum Gasteiger partial charge on any atom is 0.410 e. The van der Waals surface area contributed by atoms with Crippen LogP contribution >= 0.6 is 11.8 Å². The Labute approximate surface area is 146 Å². The maximum atomic E-state index is 12.5. The Morgan fingerprint density at radius 2 is 2.00 bits per heavy atom. The highest BCUT2D eigenvalue weighted by atomic mass is 32.2. The molecule has 23 heavy (non-hydrogen) atoms. The highest BCUT2D eigenvalue weighted by molar-refractivity contribution is 7.99. The Bertz CT molecular complexity index is 384. The molecule has 3 unspecified atom stereocenters. The van der Waals surface area contributed by atoms with Crippen LogP contribution in [-0.4, -0.2) is 52.8 Å². The van der Waals surface area contributed by atoms with E-state index in [1.807, 2.05) is 25.7 Å². The van der Waals surface area contributed by atoms with Gasteiger partial charge in [-0.25, -0.2) is 4.79 Å². The Hall–Kier alpha value is -0.420. The van der Waals surface area contributed by atoms with E-state index in [4.69, 9.17) is 4.74 Å². The van der Waals surface area contributed by atoms with Crippen molar-refractivity contribution in [3.8, 4) is 0 Å². The molecule has 134 valence electrons. The van der Waals surface area contributed by atoms with E-state index in [0.29, 0.717) is 6.04 Å². The fraction of sp³-hybridized carbons (Fsp3) is 0.944. The highest BCUT2D eigenvalue weighted by Gasteiger charge is 2.32. The van der Waals surface area contributed by atoms with E-state index in [2.05, 4.69) is 24.0 Å². The molecule has 3 atom stereocenters. The number of nitrogens with one attached hydrogen (secondary N) is 1. The first kappa shape index (κ1) is 18.9. The molecule has 1 aliphatic carbocycles. The van der Waals surface area contributed by atoms with Crippen molar-refractivity contribution in [3.05, 3.63) is 0 Å². The fourth-order valence-electron chi connectivity index (χ4n) is 3.63. The van der Waals surface area contributed by atoms with Gasteiger partial charge in [0.15, 0.2) is 0 Å². The minimum absolute atomic E-state index is 0.144. The Morgan fingerprint density at radius 3 is 2.70 bits per heavy atom. The topological polar surface area (TPSA) is 41.6 Å². The van der Waals surface area contributed by atoms with Crippen molar-refractivity contribution in [1.29, 1.82) is 0 Å².